The van der Waals surface area contributed by atoms with Gasteiger partial charge in [-0.15, -0.1) is 0 Å². The molecule has 0 atom stereocenters. The second-order valence-electron chi connectivity index (χ2n) is 4.53. The van der Waals surface area contributed by atoms with Crippen molar-refractivity contribution in [3.63, 3.8) is 0 Å². The summed E-state index contributed by atoms with van der Waals surface area (Å²) in [7, 11) is 1.66. The molecular formula is C15H20N4O2. The average molecular weight is 288 g/mol. The number of amides is 1. The summed E-state index contributed by atoms with van der Waals surface area (Å²) < 4.78 is 4.92. The Morgan fingerprint density at radius 3 is 2.81 bits per heavy atom. The summed E-state index contributed by atoms with van der Waals surface area (Å²) in [5.41, 5.74) is 2.21. The maximum absolute atomic E-state index is 11.9. The first-order valence-corrected chi connectivity index (χ1v) is 6.90. The standard InChI is InChI=1S/C15H20N4O2/c1-21-10-9-16-7-8-17-15(20)14-11-13(18-19-14)12-5-3-2-4-6-12/h2-6,11,16H,7-10H2,1H3,(H,17,20)(H,18,19). The van der Waals surface area contributed by atoms with Gasteiger partial charge in [0.15, 0.2) is 0 Å². The molecule has 0 saturated carbocycles. The molecule has 1 amide bonds. The molecule has 0 unspecified atom stereocenters. The number of rotatable bonds is 8. The highest BCUT2D eigenvalue weighted by atomic mass is 16.5. The molecule has 0 radical (unpaired) electrons. The van der Waals surface area contributed by atoms with Crippen LogP contribution in [0, 0.1) is 0 Å². The highest BCUT2D eigenvalue weighted by molar-refractivity contribution is 5.93. The van der Waals surface area contributed by atoms with E-state index in [1.54, 1.807) is 13.2 Å². The van der Waals surface area contributed by atoms with E-state index in [1.165, 1.54) is 0 Å². The number of ether oxygens (including phenoxy) is 1. The zero-order chi connectivity index (χ0) is 14.9. The summed E-state index contributed by atoms with van der Waals surface area (Å²) in [6.07, 6.45) is 0. The Morgan fingerprint density at radius 2 is 2.05 bits per heavy atom. The van der Waals surface area contributed by atoms with Crippen LogP contribution in [0.4, 0.5) is 0 Å². The zero-order valence-electron chi connectivity index (χ0n) is 12.1. The van der Waals surface area contributed by atoms with Crippen molar-refractivity contribution in [2.75, 3.05) is 33.4 Å². The van der Waals surface area contributed by atoms with Crippen LogP contribution in [0.25, 0.3) is 11.3 Å². The number of carbonyl (C=O) groups is 1. The van der Waals surface area contributed by atoms with Crippen LogP contribution in [0.3, 0.4) is 0 Å². The molecule has 21 heavy (non-hydrogen) atoms. The number of hydrogen-bond acceptors (Lipinski definition) is 4. The Balaban J connectivity index is 1.80. The number of H-pyrrole nitrogens is 1. The van der Waals surface area contributed by atoms with E-state index in [-0.39, 0.29) is 5.91 Å². The summed E-state index contributed by atoms with van der Waals surface area (Å²) >= 11 is 0. The molecule has 1 aromatic carbocycles. The number of methoxy groups -OCH3 is 1. The van der Waals surface area contributed by atoms with Crippen LogP contribution in [0.1, 0.15) is 10.5 Å². The molecule has 0 fully saturated rings. The molecule has 0 saturated heterocycles. The minimum absolute atomic E-state index is 0.154. The van der Waals surface area contributed by atoms with Gasteiger partial charge in [0.1, 0.15) is 5.69 Å². The van der Waals surface area contributed by atoms with Crippen LogP contribution >= 0.6 is 0 Å². The molecule has 0 aliphatic carbocycles. The Kier molecular flexibility index (Phi) is 5.93. The monoisotopic (exact) mass is 288 g/mol. The third-order valence-corrected chi connectivity index (χ3v) is 2.96. The molecule has 0 spiro atoms. The van der Waals surface area contributed by atoms with Crippen molar-refractivity contribution < 1.29 is 9.53 Å². The van der Waals surface area contributed by atoms with Crippen molar-refractivity contribution in [1.29, 1.82) is 0 Å². The van der Waals surface area contributed by atoms with Crippen LogP contribution in [-0.2, 0) is 4.74 Å². The number of benzene rings is 1. The molecule has 3 N–H and O–H groups in total. The van der Waals surface area contributed by atoms with Crippen LogP contribution < -0.4 is 10.6 Å². The highest BCUT2D eigenvalue weighted by Crippen LogP contribution is 2.16. The zero-order valence-corrected chi connectivity index (χ0v) is 12.1. The Labute approximate surface area is 123 Å². The van der Waals surface area contributed by atoms with Gasteiger partial charge in [0.25, 0.3) is 5.91 Å². The minimum Gasteiger partial charge on any atom is -0.383 e. The lowest BCUT2D eigenvalue weighted by Gasteiger charge is -2.05. The molecule has 0 aliphatic heterocycles. The molecule has 0 aliphatic rings. The number of nitrogens with one attached hydrogen (secondary N) is 3. The molecular weight excluding hydrogens is 268 g/mol. The second kappa shape index (κ2) is 8.18. The highest BCUT2D eigenvalue weighted by Gasteiger charge is 2.09. The molecule has 2 aromatic rings. The van der Waals surface area contributed by atoms with E-state index in [9.17, 15) is 4.79 Å². The van der Waals surface area contributed by atoms with Crippen LogP contribution in [0.15, 0.2) is 36.4 Å². The summed E-state index contributed by atoms with van der Waals surface area (Å²) in [5, 5.41) is 12.9. The van der Waals surface area contributed by atoms with Crippen LogP contribution in [0.5, 0.6) is 0 Å². The Hall–Kier alpha value is -2.18. The third kappa shape index (κ3) is 4.70. The van der Waals surface area contributed by atoms with Crippen molar-refractivity contribution in [2.45, 2.75) is 0 Å². The van der Waals surface area contributed by atoms with Gasteiger partial charge < -0.3 is 15.4 Å². The number of nitrogens with zero attached hydrogens (tertiary/aromatic N) is 1. The van der Waals surface area contributed by atoms with Crippen LogP contribution in [-0.4, -0.2) is 49.5 Å². The minimum atomic E-state index is -0.154. The van der Waals surface area contributed by atoms with Crippen molar-refractivity contribution in [1.82, 2.24) is 20.8 Å². The van der Waals surface area contributed by atoms with Gasteiger partial charge in [-0.05, 0) is 6.07 Å². The molecule has 2 rings (SSSR count). The maximum atomic E-state index is 11.9. The fourth-order valence-corrected chi connectivity index (χ4v) is 1.85. The van der Waals surface area contributed by atoms with E-state index in [0.717, 1.165) is 17.8 Å². The van der Waals surface area contributed by atoms with Gasteiger partial charge in [-0.1, -0.05) is 30.3 Å². The Morgan fingerprint density at radius 1 is 1.24 bits per heavy atom. The first kappa shape index (κ1) is 15.2. The molecule has 6 heteroatoms. The molecule has 1 heterocycles. The van der Waals surface area contributed by atoms with Gasteiger partial charge in [-0.3, -0.25) is 9.89 Å². The topological polar surface area (TPSA) is 79.0 Å². The molecule has 112 valence electrons. The first-order valence-electron chi connectivity index (χ1n) is 6.90. The van der Waals surface area contributed by atoms with Gasteiger partial charge in [-0.2, -0.15) is 5.10 Å². The van der Waals surface area contributed by atoms with Crippen molar-refractivity contribution in [2.24, 2.45) is 0 Å². The van der Waals surface area contributed by atoms with E-state index in [4.69, 9.17) is 4.74 Å². The van der Waals surface area contributed by atoms with E-state index >= 15 is 0 Å². The summed E-state index contributed by atoms with van der Waals surface area (Å²) in [5.74, 6) is -0.154. The number of aromatic amines is 1. The van der Waals surface area contributed by atoms with Crippen LogP contribution in [0.2, 0.25) is 0 Å². The number of hydrogen-bond donors (Lipinski definition) is 3. The quantitative estimate of drug-likeness (QED) is 0.634. The second-order valence-corrected chi connectivity index (χ2v) is 4.53. The number of aromatic nitrogens is 2. The summed E-state index contributed by atoms with van der Waals surface area (Å²) in [6.45, 7) is 2.69. The molecule has 0 bridgehead atoms. The van der Waals surface area contributed by atoms with E-state index in [1.807, 2.05) is 30.3 Å². The predicted molar refractivity (Wildman–Crippen MR) is 81.1 cm³/mol. The average Bonchev–Trinajstić information content (AvgIpc) is 3.01. The van der Waals surface area contributed by atoms with Crippen molar-refractivity contribution >= 4 is 5.91 Å². The van der Waals surface area contributed by atoms with E-state index in [2.05, 4.69) is 20.8 Å². The lowest BCUT2D eigenvalue weighted by molar-refractivity contribution is 0.0948. The predicted octanol–water partition coefficient (Wildman–Crippen LogP) is 1.04. The van der Waals surface area contributed by atoms with Gasteiger partial charge in [0.05, 0.1) is 12.3 Å². The lowest BCUT2D eigenvalue weighted by atomic mass is 10.1. The van der Waals surface area contributed by atoms with E-state index < -0.39 is 0 Å². The Bertz CT molecular complexity index is 554. The number of carbonyl (C=O) groups excluding carboxylic acids is 1. The van der Waals surface area contributed by atoms with Gasteiger partial charge in [-0.25, -0.2) is 0 Å². The normalized spacial score (nSPS) is 10.5. The fraction of sp³-hybridized carbons (Fsp3) is 0.333. The van der Waals surface area contributed by atoms with Gasteiger partial charge >= 0.3 is 0 Å². The van der Waals surface area contributed by atoms with Gasteiger partial charge in [0, 0.05) is 32.3 Å². The summed E-state index contributed by atoms with van der Waals surface area (Å²) in [4.78, 5) is 11.9. The van der Waals surface area contributed by atoms with E-state index in [0.29, 0.717) is 25.4 Å². The fourth-order valence-electron chi connectivity index (χ4n) is 1.85. The lowest BCUT2D eigenvalue weighted by Crippen LogP contribution is -2.33. The largest absolute Gasteiger partial charge is 0.383 e. The van der Waals surface area contributed by atoms with Gasteiger partial charge in [0.2, 0.25) is 0 Å². The first-order chi connectivity index (χ1) is 10.3. The smallest absolute Gasteiger partial charge is 0.269 e. The maximum Gasteiger partial charge on any atom is 0.269 e. The summed E-state index contributed by atoms with van der Waals surface area (Å²) in [6, 6.07) is 11.5. The van der Waals surface area contributed by atoms with Crippen molar-refractivity contribution in [3.05, 3.63) is 42.1 Å². The third-order valence-electron chi connectivity index (χ3n) is 2.96. The molecule has 6 nitrogen and oxygen atoms in total. The SMILES string of the molecule is COCCNCCNC(=O)c1cc(-c2ccccc2)n[nH]1. The van der Waals surface area contributed by atoms with Crippen molar-refractivity contribution in [3.8, 4) is 11.3 Å². The molecule has 1 aromatic heterocycles.